The van der Waals surface area contributed by atoms with Crippen LogP contribution in [0.2, 0.25) is 0 Å². The van der Waals surface area contributed by atoms with Crippen molar-refractivity contribution < 1.29 is 4.39 Å². The van der Waals surface area contributed by atoms with Gasteiger partial charge in [0.05, 0.1) is 6.67 Å². The number of alkyl halides is 1. The molecule has 0 unspecified atom stereocenters. The Kier molecular flexibility index (Phi) is 6.87. The fraction of sp³-hybridized carbons (Fsp3) is 0.600. The second-order valence-corrected chi connectivity index (χ2v) is 4.42. The number of aryl methyl sites for hydroxylation is 2. The van der Waals surface area contributed by atoms with Gasteiger partial charge in [-0.25, -0.2) is 0 Å². The van der Waals surface area contributed by atoms with Crippen LogP contribution in [-0.4, -0.2) is 6.67 Å². The predicted octanol–water partition coefficient (Wildman–Crippen LogP) is 4.71. The van der Waals surface area contributed by atoms with E-state index < -0.39 is 0 Å². The molecule has 0 heterocycles. The van der Waals surface area contributed by atoms with Crippen LogP contribution in [0, 0.1) is 0 Å². The highest BCUT2D eigenvalue weighted by Crippen LogP contribution is 2.11. The molecule has 0 radical (unpaired) electrons. The number of hydrogen-bond donors (Lipinski definition) is 0. The van der Waals surface area contributed by atoms with Crippen LogP contribution < -0.4 is 0 Å². The maximum Gasteiger partial charge on any atom is 0.0894 e. The van der Waals surface area contributed by atoms with E-state index >= 15 is 0 Å². The molecule has 90 valence electrons. The van der Waals surface area contributed by atoms with Gasteiger partial charge in [0, 0.05) is 0 Å². The lowest BCUT2D eigenvalue weighted by Gasteiger charge is -2.03. The Morgan fingerprint density at radius 3 is 1.88 bits per heavy atom. The van der Waals surface area contributed by atoms with Crippen LogP contribution >= 0.6 is 0 Å². The van der Waals surface area contributed by atoms with E-state index in [1.54, 1.807) is 0 Å². The molecule has 1 aromatic rings. The Labute approximate surface area is 98.9 Å². The van der Waals surface area contributed by atoms with Gasteiger partial charge in [-0.05, 0) is 43.2 Å². The fourth-order valence-corrected chi connectivity index (χ4v) is 1.85. The monoisotopic (exact) mass is 222 g/mol. The first-order chi connectivity index (χ1) is 7.86. The quantitative estimate of drug-likeness (QED) is 0.559. The summed E-state index contributed by atoms with van der Waals surface area (Å²) in [6.45, 7) is 2.05. The van der Waals surface area contributed by atoms with Gasteiger partial charge in [0.2, 0.25) is 0 Å². The summed E-state index contributed by atoms with van der Waals surface area (Å²) < 4.78 is 11.9. The van der Waals surface area contributed by atoms with Crippen LogP contribution in [0.4, 0.5) is 4.39 Å². The van der Waals surface area contributed by atoms with Crippen LogP contribution in [0.1, 0.15) is 50.2 Å². The van der Waals surface area contributed by atoms with Crippen molar-refractivity contribution in [2.24, 2.45) is 0 Å². The normalized spacial score (nSPS) is 10.6. The average Bonchev–Trinajstić information content (AvgIpc) is 2.33. The molecule has 1 rings (SSSR count). The number of unbranched alkanes of at least 4 members (excludes halogenated alkanes) is 3. The van der Waals surface area contributed by atoms with Gasteiger partial charge in [0.25, 0.3) is 0 Å². The molecule has 0 saturated carbocycles. The van der Waals surface area contributed by atoms with Gasteiger partial charge in [-0.3, -0.25) is 4.39 Å². The smallest absolute Gasteiger partial charge is 0.0894 e. The number of benzene rings is 1. The molecule has 0 aliphatic heterocycles. The summed E-state index contributed by atoms with van der Waals surface area (Å²) >= 11 is 0. The molecular weight excluding hydrogens is 199 g/mol. The Hall–Kier alpha value is -0.850. The van der Waals surface area contributed by atoms with Gasteiger partial charge in [0.1, 0.15) is 0 Å². The molecule has 16 heavy (non-hydrogen) atoms. The van der Waals surface area contributed by atoms with Crippen molar-refractivity contribution in [2.45, 2.75) is 51.9 Å². The number of hydrogen-bond acceptors (Lipinski definition) is 0. The minimum absolute atomic E-state index is 0.171. The topological polar surface area (TPSA) is 0 Å². The standard InChI is InChI=1S/C15H23F/c1-2-3-7-14-9-11-15(12-10-14)8-5-4-6-13-16/h9-12H,2-8,13H2,1H3. The Morgan fingerprint density at radius 2 is 1.38 bits per heavy atom. The van der Waals surface area contributed by atoms with Gasteiger partial charge in [-0.15, -0.1) is 0 Å². The highest BCUT2D eigenvalue weighted by molar-refractivity contribution is 5.22. The minimum Gasteiger partial charge on any atom is -0.251 e. The first kappa shape index (κ1) is 13.2. The van der Waals surface area contributed by atoms with Gasteiger partial charge in [-0.1, -0.05) is 44.0 Å². The van der Waals surface area contributed by atoms with Gasteiger partial charge in [-0.2, -0.15) is 0 Å². The van der Waals surface area contributed by atoms with Crippen molar-refractivity contribution in [1.82, 2.24) is 0 Å². The first-order valence-electron chi connectivity index (χ1n) is 6.50. The van der Waals surface area contributed by atoms with E-state index in [0.29, 0.717) is 6.42 Å². The Bertz CT molecular complexity index is 263. The fourth-order valence-electron chi connectivity index (χ4n) is 1.85. The third-order valence-electron chi connectivity index (χ3n) is 2.94. The molecule has 1 heteroatoms. The summed E-state index contributed by atoms with van der Waals surface area (Å²) in [5.74, 6) is 0. The zero-order valence-electron chi connectivity index (χ0n) is 10.3. The molecule has 0 fully saturated rings. The Balaban J connectivity index is 2.27. The third kappa shape index (κ3) is 5.29. The van der Waals surface area contributed by atoms with Crippen LogP contribution in [0.5, 0.6) is 0 Å². The van der Waals surface area contributed by atoms with E-state index in [2.05, 4.69) is 31.2 Å². The van der Waals surface area contributed by atoms with E-state index in [4.69, 9.17) is 0 Å². The average molecular weight is 222 g/mol. The molecule has 0 aromatic heterocycles. The summed E-state index contributed by atoms with van der Waals surface area (Å²) in [5.41, 5.74) is 2.83. The molecule has 0 atom stereocenters. The highest BCUT2D eigenvalue weighted by Gasteiger charge is 1.95. The lowest BCUT2D eigenvalue weighted by atomic mass is 10.0. The van der Waals surface area contributed by atoms with Crippen molar-refractivity contribution in [1.29, 1.82) is 0 Å². The first-order valence-corrected chi connectivity index (χ1v) is 6.50. The second-order valence-electron chi connectivity index (χ2n) is 4.42. The van der Waals surface area contributed by atoms with Gasteiger partial charge in [0.15, 0.2) is 0 Å². The minimum atomic E-state index is -0.171. The SMILES string of the molecule is CCCCc1ccc(CCCCCF)cc1. The molecule has 0 nitrogen and oxygen atoms in total. The highest BCUT2D eigenvalue weighted by atomic mass is 19.1. The van der Waals surface area contributed by atoms with Crippen molar-refractivity contribution in [3.8, 4) is 0 Å². The molecule has 1 aromatic carbocycles. The van der Waals surface area contributed by atoms with Gasteiger partial charge < -0.3 is 0 Å². The van der Waals surface area contributed by atoms with Crippen LogP contribution in [0.3, 0.4) is 0 Å². The summed E-state index contributed by atoms with van der Waals surface area (Å²) in [6, 6.07) is 8.92. The van der Waals surface area contributed by atoms with Crippen LogP contribution in [0.25, 0.3) is 0 Å². The van der Waals surface area contributed by atoms with Gasteiger partial charge >= 0.3 is 0 Å². The summed E-state index contributed by atoms with van der Waals surface area (Å²) in [4.78, 5) is 0. The largest absolute Gasteiger partial charge is 0.251 e. The molecule has 0 aliphatic rings. The summed E-state index contributed by atoms with van der Waals surface area (Å²) in [5, 5.41) is 0. The summed E-state index contributed by atoms with van der Waals surface area (Å²) in [6.07, 6.45) is 7.65. The maximum atomic E-state index is 11.9. The molecule has 0 aliphatic carbocycles. The molecule has 0 spiro atoms. The van der Waals surface area contributed by atoms with E-state index in [-0.39, 0.29) is 6.67 Å². The lowest BCUT2D eigenvalue weighted by molar-refractivity contribution is 0.456. The maximum absolute atomic E-state index is 11.9. The van der Waals surface area contributed by atoms with Crippen LogP contribution in [-0.2, 0) is 12.8 Å². The molecule has 0 bridgehead atoms. The van der Waals surface area contributed by atoms with E-state index in [1.807, 2.05) is 0 Å². The van der Waals surface area contributed by atoms with E-state index in [1.165, 1.54) is 30.4 Å². The Morgan fingerprint density at radius 1 is 0.812 bits per heavy atom. The predicted molar refractivity (Wildman–Crippen MR) is 68.6 cm³/mol. The van der Waals surface area contributed by atoms with Crippen molar-refractivity contribution >= 4 is 0 Å². The van der Waals surface area contributed by atoms with Crippen molar-refractivity contribution in [3.05, 3.63) is 35.4 Å². The third-order valence-corrected chi connectivity index (χ3v) is 2.94. The number of halogens is 1. The number of rotatable bonds is 8. The molecular formula is C15H23F. The molecule has 0 saturated heterocycles. The molecule has 0 amide bonds. The zero-order chi connectivity index (χ0) is 11.6. The van der Waals surface area contributed by atoms with Crippen LogP contribution in [0.15, 0.2) is 24.3 Å². The van der Waals surface area contributed by atoms with E-state index in [0.717, 1.165) is 19.3 Å². The van der Waals surface area contributed by atoms with Crippen molar-refractivity contribution in [2.75, 3.05) is 6.67 Å². The second kappa shape index (κ2) is 8.32. The molecule has 0 N–H and O–H groups in total. The lowest BCUT2D eigenvalue weighted by Crippen LogP contribution is -1.89. The summed E-state index contributed by atoms with van der Waals surface area (Å²) in [7, 11) is 0. The van der Waals surface area contributed by atoms with E-state index in [9.17, 15) is 4.39 Å². The zero-order valence-corrected chi connectivity index (χ0v) is 10.3. The van der Waals surface area contributed by atoms with Crippen molar-refractivity contribution in [3.63, 3.8) is 0 Å².